The maximum absolute atomic E-state index is 11.4. The van der Waals surface area contributed by atoms with Gasteiger partial charge in [-0.1, -0.05) is 27.5 Å². The van der Waals surface area contributed by atoms with E-state index in [9.17, 15) is 4.79 Å². The standard InChI is InChI=1S/C11H8BrClO3/c1-2-15-11(14)9-4-6-3-7(12)5-8(13)10(6)16-9/h3-5H,2H2,1H3. The van der Waals surface area contributed by atoms with Crippen LogP contribution in [0.2, 0.25) is 5.02 Å². The van der Waals surface area contributed by atoms with Crippen molar-refractivity contribution in [3.63, 3.8) is 0 Å². The smallest absolute Gasteiger partial charge is 0.374 e. The van der Waals surface area contributed by atoms with E-state index < -0.39 is 5.97 Å². The maximum atomic E-state index is 11.4. The largest absolute Gasteiger partial charge is 0.460 e. The van der Waals surface area contributed by atoms with Gasteiger partial charge in [-0.05, 0) is 25.1 Å². The highest BCUT2D eigenvalue weighted by Crippen LogP contribution is 2.30. The van der Waals surface area contributed by atoms with Gasteiger partial charge in [0.25, 0.3) is 0 Å². The predicted octanol–water partition coefficient (Wildman–Crippen LogP) is 4.03. The first-order chi connectivity index (χ1) is 7.61. The number of rotatable bonds is 2. The van der Waals surface area contributed by atoms with Crippen molar-refractivity contribution in [2.24, 2.45) is 0 Å². The van der Waals surface area contributed by atoms with Crippen molar-refractivity contribution in [3.05, 3.63) is 33.5 Å². The Morgan fingerprint density at radius 2 is 2.25 bits per heavy atom. The van der Waals surface area contributed by atoms with Crippen molar-refractivity contribution in [1.82, 2.24) is 0 Å². The molecule has 0 aliphatic heterocycles. The monoisotopic (exact) mass is 302 g/mol. The van der Waals surface area contributed by atoms with Gasteiger partial charge in [-0.25, -0.2) is 4.79 Å². The van der Waals surface area contributed by atoms with Crippen LogP contribution in [0.1, 0.15) is 17.5 Å². The molecule has 0 aliphatic carbocycles. The number of hydrogen-bond donors (Lipinski definition) is 0. The summed E-state index contributed by atoms with van der Waals surface area (Å²) in [6.07, 6.45) is 0. The Morgan fingerprint density at radius 1 is 1.50 bits per heavy atom. The molecule has 1 heterocycles. The van der Waals surface area contributed by atoms with Crippen molar-refractivity contribution < 1.29 is 13.9 Å². The van der Waals surface area contributed by atoms with Crippen molar-refractivity contribution in [3.8, 4) is 0 Å². The molecular weight excluding hydrogens is 295 g/mol. The normalized spacial score (nSPS) is 10.7. The van der Waals surface area contributed by atoms with Crippen LogP contribution >= 0.6 is 27.5 Å². The van der Waals surface area contributed by atoms with Crippen LogP contribution in [0.15, 0.2) is 27.1 Å². The van der Waals surface area contributed by atoms with Crippen molar-refractivity contribution in [1.29, 1.82) is 0 Å². The van der Waals surface area contributed by atoms with Crippen LogP contribution in [0.25, 0.3) is 11.0 Å². The number of benzene rings is 1. The van der Waals surface area contributed by atoms with E-state index in [0.717, 1.165) is 9.86 Å². The first kappa shape index (κ1) is 11.5. The minimum atomic E-state index is -0.481. The fourth-order valence-corrected chi connectivity index (χ4v) is 2.25. The average molecular weight is 304 g/mol. The van der Waals surface area contributed by atoms with E-state index >= 15 is 0 Å². The molecule has 0 N–H and O–H groups in total. The third-order valence-electron chi connectivity index (χ3n) is 2.01. The minimum absolute atomic E-state index is 0.164. The van der Waals surface area contributed by atoms with Gasteiger partial charge >= 0.3 is 5.97 Å². The molecule has 84 valence electrons. The maximum Gasteiger partial charge on any atom is 0.374 e. The number of furan rings is 1. The molecule has 5 heteroatoms. The van der Waals surface area contributed by atoms with Crippen LogP contribution in [0.4, 0.5) is 0 Å². The molecule has 0 atom stereocenters. The SMILES string of the molecule is CCOC(=O)c1cc2cc(Br)cc(Cl)c2o1. The Balaban J connectivity index is 2.51. The van der Waals surface area contributed by atoms with Crippen molar-refractivity contribution in [2.45, 2.75) is 6.92 Å². The number of carbonyl (C=O) groups is 1. The molecule has 2 aromatic rings. The minimum Gasteiger partial charge on any atom is -0.460 e. The lowest BCUT2D eigenvalue weighted by Gasteiger charge is -1.96. The van der Waals surface area contributed by atoms with Crippen LogP contribution in [-0.2, 0) is 4.74 Å². The molecule has 0 fully saturated rings. The molecule has 2 rings (SSSR count). The highest BCUT2D eigenvalue weighted by Gasteiger charge is 2.15. The van der Waals surface area contributed by atoms with Gasteiger partial charge in [-0.2, -0.15) is 0 Å². The highest BCUT2D eigenvalue weighted by molar-refractivity contribution is 9.10. The average Bonchev–Trinajstić information content (AvgIpc) is 2.62. The Hall–Kier alpha value is -1.00. The molecule has 0 bridgehead atoms. The molecule has 3 nitrogen and oxygen atoms in total. The van der Waals surface area contributed by atoms with Gasteiger partial charge in [0, 0.05) is 9.86 Å². The number of halogens is 2. The Morgan fingerprint density at radius 3 is 2.94 bits per heavy atom. The van der Waals surface area contributed by atoms with Crippen LogP contribution < -0.4 is 0 Å². The molecule has 0 spiro atoms. The summed E-state index contributed by atoms with van der Waals surface area (Å²) < 4.78 is 11.0. The predicted molar refractivity (Wildman–Crippen MR) is 64.9 cm³/mol. The summed E-state index contributed by atoms with van der Waals surface area (Å²) in [6, 6.07) is 5.15. The molecule has 0 unspecified atom stereocenters. The second kappa shape index (κ2) is 4.47. The number of hydrogen-bond acceptors (Lipinski definition) is 3. The Bertz CT molecular complexity index is 547. The van der Waals surface area contributed by atoms with Gasteiger partial charge in [0.2, 0.25) is 5.76 Å². The second-order valence-electron chi connectivity index (χ2n) is 3.14. The lowest BCUT2D eigenvalue weighted by Crippen LogP contribution is -2.02. The van der Waals surface area contributed by atoms with Gasteiger partial charge in [0.05, 0.1) is 11.6 Å². The fourth-order valence-electron chi connectivity index (χ4n) is 1.38. The van der Waals surface area contributed by atoms with Gasteiger partial charge in [0.15, 0.2) is 5.58 Å². The molecule has 0 saturated carbocycles. The van der Waals surface area contributed by atoms with E-state index in [4.69, 9.17) is 20.8 Å². The Labute approximate surface area is 105 Å². The zero-order chi connectivity index (χ0) is 11.7. The highest BCUT2D eigenvalue weighted by atomic mass is 79.9. The van der Waals surface area contributed by atoms with Crippen LogP contribution in [0.5, 0.6) is 0 Å². The van der Waals surface area contributed by atoms with E-state index in [2.05, 4.69) is 15.9 Å². The number of carbonyl (C=O) groups excluding carboxylic acids is 1. The van der Waals surface area contributed by atoms with E-state index in [1.54, 1.807) is 19.1 Å². The molecule has 16 heavy (non-hydrogen) atoms. The molecule has 1 aromatic carbocycles. The molecule has 0 amide bonds. The fraction of sp³-hybridized carbons (Fsp3) is 0.182. The zero-order valence-corrected chi connectivity index (χ0v) is 10.8. The summed E-state index contributed by atoms with van der Waals surface area (Å²) >= 11 is 9.30. The summed E-state index contributed by atoms with van der Waals surface area (Å²) in [5.74, 6) is -0.317. The Kier molecular flexibility index (Phi) is 3.21. The number of fused-ring (bicyclic) bond motifs is 1. The zero-order valence-electron chi connectivity index (χ0n) is 8.42. The summed E-state index contributed by atoms with van der Waals surface area (Å²) in [4.78, 5) is 11.4. The van der Waals surface area contributed by atoms with Crippen molar-refractivity contribution >= 4 is 44.5 Å². The second-order valence-corrected chi connectivity index (χ2v) is 4.46. The van der Waals surface area contributed by atoms with E-state index in [1.165, 1.54) is 0 Å². The van der Waals surface area contributed by atoms with E-state index in [1.807, 2.05) is 6.07 Å². The first-order valence-corrected chi connectivity index (χ1v) is 5.84. The summed E-state index contributed by atoms with van der Waals surface area (Å²) in [5, 5.41) is 1.22. The van der Waals surface area contributed by atoms with Crippen LogP contribution in [0.3, 0.4) is 0 Å². The summed E-state index contributed by atoms with van der Waals surface area (Å²) in [6.45, 7) is 2.05. The van der Waals surface area contributed by atoms with Crippen molar-refractivity contribution in [2.75, 3.05) is 6.61 Å². The van der Waals surface area contributed by atoms with Crippen LogP contribution in [-0.4, -0.2) is 12.6 Å². The first-order valence-electron chi connectivity index (χ1n) is 4.67. The number of esters is 1. The third-order valence-corrected chi connectivity index (χ3v) is 2.75. The topological polar surface area (TPSA) is 39.4 Å². The van der Waals surface area contributed by atoms with Gasteiger partial charge in [-0.3, -0.25) is 0 Å². The summed E-state index contributed by atoms with van der Waals surface area (Å²) in [5.41, 5.74) is 0.493. The van der Waals surface area contributed by atoms with Crippen LogP contribution in [0, 0.1) is 0 Å². The van der Waals surface area contributed by atoms with Gasteiger partial charge in [0.1, 0.15) is 0 Å². The molecule has 0 aliphatic rings. The number of ether oxygens (including phenoxy) is 1. The quantitative estimate of drug-likeness (QED) is 0.786. The molecule has 0 saturated heterocycles. The molecular formula is C11H8BrClO3. The molecule has 0 radical (unpaired) electrons. The third kappa shape index (κ3) is 2.08. The molecule has 1 aromatic heterocycles. The van der Waals surface area contributed by atoms with E-state index in [-0.39, 0.29) is 5.76 Å². The summed E-state index contributed by atoms with van der Waals surface area (Å²) in [7, 11) is 0. The van der Waals surface area contributed by atoms with E-state index in [0.29, 0.717) is 17.2 Å². The lowest BCUT2D eigenvalue weighted by molar-refractivity contribution is 0.0492. The lowest BCUT2D eigenvalue weighted by atomic mass is 10.2. The van der Waals surface area contributed by atoms with Gasteiger partial charge in [-0.15, -0.1) is 0 Å². The van der Waals surface area contributed by atoms with Gasteiger partial charge < -0.3 is 9.15 Å².